The molecule has 1 saturated heterocycles. The number of nitrogens with zero attached hydrogens (tertiary/aromatic N) is 6. The molecule has 1 unspecified atom stereocenters. The van der Waals surface area contributed by atoms with E-state index in [1.165, 1.54) is 10.9 Å². The number of likely N-dealkylation sites (tertiary alicyclic amines) is 1. The molecule has 154 valence electrons. The number of H-pyrrole nitrogens is 1. The molecule has 0 saturated carbocycles. The standard InChI is InChI=1S/C20H21N7O3/c1-12-17(27-19-15(23-20(27)30)8-21-11-22-19)18-14(5-3-7-26(18)24-12)13-4-2-6-25(9-13)16(29)10-28/h3,5,7-8,11,13,28H,2,4,6,9-10H2,1H3,(H,23,30). The van der Waals surface area contributed by atoms with Gasteiger partial charge in [-0.3, -0.25) is 4.79 Å². The highest BCUT2D eigenvalue weighted by Gasteiger charge is 2.28. The Bertz CT molecular complexity index is 1320. The van der Waals surface area contributed by atoms with Crippen LogP contribution >= 0.6 is 0 Å². The van der Waals surface area contributed by atoms with E-state index in [-0.39, 0.29) is 17.5 Å². The largest absolute Gasteiger partial charge is 0.387 e. The first-order valence-corrected chi connectivity index (χ1v) is 9.86. The van der Waals surface area contributed by atoms with Crippen molar-refractivity contribution in [1.29, 1.82) is 0 Å². The predicted molar refractivity (Wildman–Crippen MR) is 109 cm³/mol. The number of hydrogen-bond donors (Lipinski definition) is 2. The van der Waals surface area contributed by atoms with E-state index in [2.05, 4.69) is 20.1 Å². The van der Waals surface area contributed by atoms with Crippen molar-refractivity contribution < 1.29 is 9.90 Å². The van der Waals surface area contributed by atoms with E-state index in [1.54, 1.807) is 15.6 Å². The Morgan fingerprint density at radius 1 is 1.40 bits per heavy atom. The van der Waals surface area contributed by atoms with Crippen molar-refractivity contribution >= 4 is 22.6 Å². The number of pyridine rings is 1. The lowest BCUT2D eigenvalue weighted by Crippen LogP contribution is -2.40. The normalized spacial score (nSPS) is 17.1. The minimum atomic E-state index is -0.488. The van der Waals surface area contributed by atoms with Crippen molar-refractivity contribution in [1.82, 2.24) is 34.0 Å². The van der Waals surface area contributed by atoms with Gasteiger partial charge in [0.05, 0.1) is 17.4 Å². The van der Waals surface area contributed by atoms with E-state index < -0.39 is 6.61 Å². The number of aromatic nitrogens is 6. The molecule has 5 heterocycles. The van der Waals surface area contributed by atoms with Crippen LogP contribution in [0.1, 0.15) is 30.0 Å². The van der Waals surface area contributed by atoms with Crippen LogP contribution in [-0.4, -0.2) is 64.7 Å². The van der Waals surface area contributed by atoms with Crippen molar-refractivity contribution in [3.05, 3.63) is 52.6 Å². The molecule has 0 aromatic carbocycles. The van der Waals surface area contributed by atoms with Gasteiger partial charge < -0.3 is 15.0 Å². The third-order valence-corrected chi connectivity index (χ3v) is 5.75. The molecule has 1 fully saturated rings. The van der Waals surface area contributed by atoms with Crippen LogP contribution in [0, 0.1) is 6.92 Å². The molecule has 0 aliphatic carbocycles. The second kappa shape index (κ2) is 7.06. The Labute approximate surface area is 170 Å². The number of fused-ring (bicyclic) bond motifs is 2. The lowest BCUT2D eigenvalue weighted by Gasteiger charge is -2.33. The van der Waals surface area contributed by atoms with Gasteiger partial charge >= 0.3 is 5.69 Å². The number of nitrogens with one attached hydrogen (secondary N) is 1. The van der Waals surface area contributed by atoms with Gasteiger partial charge in [-0.2, -0.15) is 5.10 Å². The monoisotopic (exact) mass is 407 g/mol. The number of carbonyl (C=O) groups is 1. The summed E-state index contributed by atoms with van der Waals surface area (Å²) in [5.74, 6) is -0.190. The summed E-state index contributed by atoms with van der Waals surface area (Å²) in [6, 6.07) is 3.94. The molecule has 1 aliphatic heterocycles. The lowest BCUT2D eigenvalue weighted by molar-refractivity contribution is -0.135. The molecular weight excluding hydrogens is 386 g/mol. The van der Waals surface area contributed by atoms with E-state index in [4.69, 9.17) is 0 Å². The summed E-state index contributed by atoms with van der Waals surface area (Å²) in [6.45, 7) is 2.54. The van der Waals surface area contributed by atoms with Gasteiger partial charge in [-0.1, -0.05) is 6.07 Å². The third kappa shape index (κ3) is 2.79. The Balaban J connectivity index is 1.72. The summed E-state index contributed by atoms with van der Waals surface area (Å²) in [5, 5.41) is 13.9. The van der Waals surface area contributed by atoms with Gasteiger partial charge in [-0.25, -0.2) is 23.8 Å². The Morgan fingerprint density at radius 2 is 2.27 bits per heavy atom. The van der Waals surface area contributed by atoms with Crippen molar-refractivity contribution in [2.24, 2.45) is 0 Å². The molecular formula is C20H21N7O3. The number of piperidine rings is 1. The van der Waals surface area contributed by atoms with Gasteiger partial charge in [-0.15, -0.1) is 0 Å². The van der Waals surface area contributed by atoms with Gasteiger partial charge in [0.15, 0.2) is 5.65 Å². The zero-order valence-electron chi connectivity index (χ0n) is 16.4. The molecule has 0 bridgehead atoms. The number of rotatable bonds is 3. The summed E-state index contributed by atoms with van der Waals surface area (Å²) in [4.78, 5) is 37.7. The van der Waals surface area contributed by atoms with Crippen LogP contribution in [-0.2, 0) is 4.79 Å². The van der Waals surface area contributed by atoms with Gasteiger partial charge in [-0.05, 0) is 31.4 Å². The summed E-state index contributed by atoms with van der Waals surface area (Å²) in [6.07, 6.45) is 6.59. The quantitative estimate of drug-likeness (QED) is 0.517. The first-order valence-electron chi connectivity index (χ1n) is 9.86. The minimum Gasteiger partial charge on any atom is -0.387 e. The molecule has 10 nitrogen and oxygen atoms in total. The highest BCUT2D eigenvalue weighted by Crippen LogP contribution is 2.34. The fourth-order valence-corrected chi connectivity index (χ4v) is 4.44. The maximum Gasteiger partial charge on any atom is 0.332 e. The average molecular weight is 407 g/mol. The second-order valence-corrected chi connectivity index (χ2v) is 7.55. The number of carbonyl (C=O) groups excluding carboxylic acids is 1. The zero-order valence-corrected chi connectivity index (χ0v) is 16.4. The minimum absolute atomic E-state index is 0.0725. The lowest BCUT2D eigenvalue weighted by atomic mass is 9.90. The topological polar surface area (TPSA) is 121 Å². The molecule has 4 aromatic rings. The highest BCUT2D eigenvalue weighted by atomic mass is 16.3. The van der Waals surface area contributed by atoms with E-state index in [9.17, 15) is 14.7 Å². The van der Waals surface area contributed by atoms with Crippen molar-refractivity contribution in [2.45, 2.75) is 25.7 Å². The van der Waals surface area contributed by atoms with Crippen molar-refractivity contribution in [3.63, 3.8) is 0 Å². The number of imidazole rings is 1. The van der Waals surface area contributed by atoms with E-state index >= 15 is 0 Å². The van der Waals surface area contributed by atoms with Crippen LogP contribution in [0.2, 0.25) is 0 Å². The SMILES string of the molecule is Cc1nn2cccc(C3CCCN(C(=O)CO)C3)c2c1-n1c(=O)[nH]c2cncnc21. The van der Waals surface area contributed by atoms with Gasteiger partial charge in [0, 0.05) is 25.2 Å². The van der Waals surface area contributed by atoms with Gasteiger partial charge in [0.2, 0.25) is 5.91 Å². The molecule has 1 aliphatic rings. The van der Waals surface area contributed by atoms with E-state index in [0.29, 0.717) is 35.6 Å². The maximum absolute atomic E-state index is 12.8. The molecule has 0 spiro atoms. The summed E-state index contributed by atoms with van der Waals surface area (Å²) >= 11 is 0. The summed E-state index contributed by atoms with van der Waals surface area (Å²) < 4.78 is 3.32. The molecule has 10 heteroatoms. The maximum atomic E-state index is 12.8. The second-order valence-electron chi connectivity index (χ2n) is 7.55. The van der Waals surface area contributed by atoms with Crippen LogP contribution in [0.5, 0.6) is 0 Å². The van der Waals surface area contributed by atoms with Gasteiger partial charge in [0.25, 0.3) is 0 Å². The molecule has 1 amide bonds. The van der Waals surface area contributed by atoms with Crippen LogP contribution in [0.3, 0.4) is 0 Å². The number of aliphatic hydroxyl groups is 1. The summed E-state index contributed by atoms with van der Waals surface area (Å²) in [5.41, 5.74) is 3.94. The fourth-order valence-electron chi connectivity index (χ4n) is 4.44. The van der Waals surface area contributed by atoms with Crippen LogP contribution in [0.25, 0.3) is 22.4 Å². The number of amides is 1. The van der Waals surface area contributed by atoms with Crippen LogP contribution in [0.4, 0.5) is 0 Å². The Hall–Kier alpha value is -3.53. The van der Waals surface area contributed by atoms with Gasteiger partial charge in [0.1, 0.15) is 24.1 Å². The number of aryl methyl sites for hydroxylation is 1. The van der Waals surface area contributed by atoms with Crippen molar-refractivity contribution in [2.75, 3.05) is 19.7 Å². The molecule has 30 heavy (non-hydrogen) atoms. The average Bonchev–Trinajstić information content (AvgIpc) is 3.27. The molecule has 4 aromatic heterocycles. The van der Waals surface area contributed by atoms with E-state index in [1.807, 2.05) is 25.3 Å². The Kier molecular flexibility index (Phi) is 4.35. The van der Waals surface area contributed by atoms with Crippen molar-refractivity contribution in [3.8, 4) is 5.69 Å². The predicted octanol–water partition coefficient (Wildman–Crippen LogP) is 0.763. The fraction of sp³-hybridized carbons (Fsp3) is 0.350. The first kappa shape index (κ1) is 18.5. The van der Waals surface area contributed by atoms with Crippen LogP contribution in [0.15, 0.2) is 35.6 Å². The molecule has 0 radical (unpaired) electrons. The number of aliphatic hydroxyl groups excluding tert-OH is 1. The third-order valence-electron chi connectivity index (χ3n) is 5.75. The first-order chi connectivity index (χ1) is 14.6. The molecule has 2 N–H and O–H groups in total. The smallest absolute Gasteiger partial charge is 0.332 e. The van der Waals surface area contributed by atoms with E-state index in [0.717, 1.165) is 23.9 Å². The number of hydrogen-bond acceptors (Lipinski definition) is 6. The summed E-state index contributed by atoms with van der Waals surface area (Å²) in [7, 11) is 0. The van der Waals surface area contributed by atoms with Crippen LogP contribution < -0.4 is 5.69 Å². The Morgan fingerprint density at radius 3 is 3.10 bits per heavy atom. The molecule has 5 rings (SSSR count). The number of aromatic amines is 1. The molecule has 1 atom stereocenters. The zero-order chi connectivity index (χ0) is 20.8. The highest BCUT2D eigenvalue weighted by molar-refractivity contribution is 5.80.